The monoisotopic (exact) mass is 297 g/mol. The maximum absolute atomic E-state index is 11.8. The Hall–Kier alpha value is -0.0900. The molecule has 1 saturated heterocycles. The molecule has 0 aromatic rings. The molecule has 0 spiro atoms. The van der Waals surface area contributed by atoms with Crippen LogP contribution in [0.1, 0.15) is 12.8 Å². The second-order valence-electron chi connectivity index (χ2n) is 3.58. The SMILES string of the molecule is Cl.O=S(=O)(NCC1CCCN1)NCC(F)(F)F. The first-order valence-electron chi connectivity index (χ1n) is 4.83. The van der Waals surface area contributed by atoms with E-state index in [4.69, 9.17) is 0 Å². The summed E-state index contributed by atoms with van der Waals surface area (Å²) < 4.78 is 61.0. The van der Waals surface area contributed by atoms with Gasteiger partial charge in [0.1, 0.15) is 6.54 Å². The van der Waals surface area contributed by atoms with Gasteiger partial charge < -0.3 is 5.32 Å². The molecule has 1 rings (SSSR count). The highest BCUT2D eigenvalue weighted by Gasteiger charge is 2.29. The lowest BCUT2D eigenvalue weighted by Gasteiger charge is -2.13. The van der Waals surface area contributed by atoms with Crippen molar-refractivity contribution in [3.05, 3.63) is 0 Å². The van der Waals surface area contributed by atoms with Crippen LogP contribution in [0.2, 0.25) is 0 Å². The van der Waals surface area contributed by atoms with Crippen LogP contribution in [0.4, 0.5) is 13.2 Å². The minimum atomic E-state index is -4.54. The van der Waals surface area contributed by atoms with Crippen LogP contribution in [-0.2, 0) is 10.2 Å². The summed E-state index contributed by atoms with van der Waals surface area (Å²) >= 11 is 0. The fourth-order valence-electron chi connectivity index (χ4n) is 1.37. The van der Waals surface area contributed by atoms with Gasteiger partial charge in [0, 0.05) is 12.6 Å². The van der Waals surface area contributed by atoms with Crippen molar-refractivity contribution in [2.24, 2.45) is 0 Å². The van der Waals surface area contributed by atoms with Gasteiger partial charge in [-0.05, 0) is 19.4 Å². The molecule has 0 saturated carbocycles. The number of rotatable bonds is 5. The number of alkyl halides is 3. The fourth-order valence-corrected chi connectivity index (χ4v) is 2.25. The van der Waals surface area contributed by atoms with Crippen molar-refractivity contribution in [3.63, 3.8) is 0 Å². The van der Waals surface area contributed by atoms with Crippen LogP contribution in [0, 0.1) is 0 Å². The zero-order valence-electron chi connectivity index (χ0n) is 8.88. The van der Waals surface area contributed by atoms with E-state index in [-0.39, 0.29) is 25.0 Å². The Kier molecular flexibility index (Phi) is 6.70. The highest BCUT2D eigenvalue weighted by atomic mass is 35.5. The molecule has 1 atom stereocenters. The topological polar surface area (TPSA) is 70.2 Å². The number of hydrogen-bond donors (Lipinski definition) is 3. The predicted molar refractivity (Wildman–Crippen MR) is 59.3 cm³/mol. The van der Waals surface area contributed by atoms with E-state index >= 15 is 0 Å². The molecule has 10 heteroatoms. The van der Waals surface area contributed by atoms with E-state index in [0.29, 0.717) is 0 Å². The van der Waals surface area contributed by atoms with E-state index in [2.05, 4.69) is 10.0 Å². The van der Waals surface area contributed by atoms with Gasteiger partial charge in [0.05, 0.1) is 0 Å². The van der Waals surface area contributed by atoms with Crippen LogP contribution in [0.15, 0.2) is 0 Å². The average molecular weight is 298 g/mol. The summed E-state index contributed by atoms with van der Waals surface area (Å²) in [7, 11) is -4.06. The third-order valence-electron chi connectivity index (χ3n) is 2.14. The minimum Gasteiger partial charge on any atom is -0.313 e. The molecule has 1 heterocycles. The molecule has 1 aliphatic heterocycles. The number of nitrogens with one attached hydrogen (secondary N) is 3. The molecular weight excluding hydrogens is 283 g/mol. The van der Waals surface area contributed by atoms with Crippen molar-refractivity contribution in [2.45, 2.75) is 25.1 Å². The maximum atomic E-state index is 11.8. The molecule has 1 unspecified atom stereocenters. The Bertz CT molecular complexity index is 317. The molecule has 0 aromatic heterocycles. The van der Waals surface area contributed by atoms with Crippen LogP contribution in [0.25, 0.3) is 0 Å². The van der Waals surface area contributed by atoms with Gasteiger partial charge in [0.25, 0.3) is 10.2 Å². The molecule has 0 bridgehead atoms. The molecule has 0 aromatic carbocycles. The van der Waals surface area contributed by atoms with Gasteiger partial charge in [-0.25, -0.2) is 4.72 Å². The van der Waals surface area contributed by atoms with Crippen molar-refractivity contribution in [1.82, 2.24) is 14.8 Å². The maximum Gasteiger partial charge on any atom is 0.402 e. The largest absolute Gasteiger partial charge is 0.402 e. The molecule has 5 nitrogen and oxygen atoms in total. The van der Waals surface area contributed by atoms with Crippen molar-refractivity contribution in [1.29, 1.82) is 0 Å². The van der Waals surface area contributed by atoms with Gasteiger partial charge in [0.15, 0.2) is 0 Å². The fraction of sp³-hybridized carbons (Fsp3) is 1.00. The van der Waals surface area contributed by atoms with Gasteiger partial charge in [-0.3, -0.25) is 0 Å². The summed E-state index contributed by atoms with van der Waals surface area (Å²) in [6, 6.07) is 0.00228. The van der Waals surface area contributed by atoms with E-state index in [0.717, 1.165) is 19.4 Å². The Morgan fingerprint density at radius 2 is 1.94 bits per heavy atom. The van der Waals surface area contributed by atoms with Crippen LogP contribution in [0.5, 0.6) is 0 Å². The summed E-state index contributed by atoms with van der Waals surface area (Å²) in [5, 5.41) is 3.02. The van der Waals surface area contributed by atoms with Gasteiger partial charge >= 0.3 is 6.18 Å². The highest BCUT2D eigenvalue weighted by Crippen LogP contribution is 2.12. The highest BCUT2D eigenvalue weighted by molar-refractivity contribution is 7.87. The average Bonchev–Trinajstić information content (AvgIpc) is 2.64. The summed E-state index contributed by atoms with van der Waals surface area (Å²) in [5.74, 6) is 0. The van der Waals surface area contributed by atoms with Crippen molar-refractivity contribution < 1.29 is 21.6 Å². The van der Waals surface area contributed by atoms with E-state index in [1.165, 1.54) is 4.72 Å². The van der Waals surface area contributed by atoms with Gasteiger partial charge in [-0.2, -0.15) is 26.3 Å². The molecule has 3 N–H and O–H groups in total. The predicted octanol–water partition coefficient (Wildman–Crippen LogP) is 0.146. The van der Waals surface area contributed by atoms with Crippen LogP contribution < -0.4 is 14.8 Å². The second-order valence-corrected chi connectivity index (χ2v) is 5.17. The zero-order chi connectivity index (χ0) is 12.2. The molecule has 0 amide bonds. The standard InChI is InChI=1S/C7H14F3N3O2S.ClH/c8-7(9,10)5-13-16(14,15)12-4-6-2-1-3-11-6;/h6,11-13H,1-5H2;1H. The quantitative estimate of drug-likeness (QED) is 0.676. The summed E-state index contributed by atoms with van der Waals surface area (Å²) in [4.78, 5) is 0. The van der Waals surface area contributed by atoms with Crippen LogP contribution in [-0.4, -0.2) is 40.3 Å². The Morgan fingerprint density at radius 1 is 1.29 bits per heavy atom. The summed E-state index contributed by atoms with van der Waals surface area (Å²) in [5.41, 5.74) is 0. The van der Waals surface area contributed by atoms with E-state index in [1.807, 2.05) is 0 Å². The molecule has 17 heavy (non-hydrogen) atoms. The lowest BCUT2D eigenvalue weighted by molar-refractivity contribution is -0.121. The Balaban J connectivity index is 0.00000256. The first-order valence-corrected chi connectivity index (χ1v) is 6.31. The Labute approximate surface area is 104 Å². The van der Waals surface area contributed by atoms with Gasteiger partial charge in [-0.15, -0.1) is 12.4 Å². The first-order chi connectivity index (χ1) is 7.29. The molecule has 1 aliphatic rings. The lowest BCUT2D eigenvalue weighted by Crippen LogP contribution is -2.45. The first kappa shape index (κ1) is 16.9. The van der Waals surface area contributed by atoms with Crippen molar-refractivity contribution in [2.75, 3.05) is 19.6 Å². The lowest BCUT2D eigenvalue weighted by atomic mass is 10.2. The van der Waals surface area contributed by atoms with Crippen LogP contribution in [0.3, 0.4) is 0 Å². The summed E-state index contributed by atoms with van der Waals surface area (Å²) in [6.07, 6.45) is -2.77. The smallest absolute Gasteiger partial charge is 0.313 e. The van der Waals surface area contributed by atoms with Crippen LogP contribution >= 0.6 is 12.4 Å². The zero-order valence-corrected chi connectivity index (χ0v) is 10.5. The van der Waals surface area contributed by atoms with Crippen molar-refractivity contribution in [3.8, 4) is 0 Å². The third kappa shape index (κ3) is 7.77. The van der Waals surface area contributed by atoms with E-state index in [9.17, 15) is 21.6 Å². The summed E-state index contributed by atoms with van der Waals surface area (Å²) in [6.45, 7) is -0.643. The minimum absolute atomic E-state index is 0. The van der Waals surface area contributed by atoms with E-state index < -0.39 is 22.9 Å². The molecule has 0 radical (unpaired) electrons. The normalized spacial score (nSPS) is 21.2. The molecule has 1 fully saturated rings. The third-order valence-corrected chi connectivity index (χ3v) is 3.22. The second kappa shape index (κ2) is 6.74. The van der Waals surface area contributed by atoms with Gasteiger partial charge in [-0.1, -0.05) is 0 Å². The molecule has 104 valence electrons. The number of hydrogen-bond acceptors (Lipinski definition) is 3. The Morgan fingerprint density at radius 3 is 2.41 bits per heavy atom. The number of halogens is 4. The van der Waals surface area contributed by atoms with Crippen molar-refractivity contribution >= 4 is 22.6 Å². The molecule has 0 aliphatic carbocycles. The van der Waals surface area contributed by atoms with E-state index in [1.54, 1.807) is 0 Å². The van der Waals surface area contributed by atoms with Gasteiger partial charge in [0.2, 0.25) is 0 Å². The molecular formula is C7H15ClF3N3O2S.